The number of carbonyl (C=O) groups is 1. The molecule has 114 valence electrons. The van der Waals surface area contributed by atoms with Gasteiger partial charge in [0, 0.05) is 0 Å². The molecule has 0 saturated heterocycles. The van der Waals surface area contributed by atoms with Crippen LogP contribution in [-0.2, 0) is 0 Å². The summed E-state index contributed by atoms with van der Waals surface area (Å²) in [5.74, 6) is 0.0876. The lowest BCUT2D eigenvalue weighted by Crippen LogP contribution is -2.00. The van der Waals surface area contributed by atoms with Gasteiger partial charge >= 0.3 is 0 Å². The summed E-state index contributed by atoms with van der Waals surface area (Å²) in [6.45, 7) is 0. The first-order valence-corrected chi connectivity index (χ1v) is 7.23. The first-order valence-electron chi connectivity index (χ1n) is 7.23. The first kappa shape index (κ1) is 15.0. The van der Waals surface area contributed by atoms with Gasteiger partial charge in [-0.25, -0.2) is 4.39 Å². The summed E-state index contributed by atoms with van der Waals surface area (Å²) in [5, 5.41) is 1.83. The minimum Gasteiger partial charge on any atom is -0.496 e. The van der Waals surface area contributed by atoms with Crippen LogP contribution in [0.15, 0.2) is 66.7 Å². The highest BCUT2D eigenvalue weighted by atomic mass is 19.1. The van der Waals surface area contributed by atoms with E-state index in [1.165, 1.54) is 18.2 Å². The maximum atomic E-state index is 12.9. The van der Waals surface area contributed by atoms with E-state index in [0.717, 1.165) is 16.3 Å². The molecule has 0 radical (unpaired) electrons. The van der Waals surface area contributed by atoms with Crippen LogP contribution in [0.1, 0.15) is 15.9 Å². The van der Waals surface area contributed by atoms with Crippen LogP contribution in [0, 0.1) is 5.82 Å². The molecule has 0 atom stereocenters. The predicted molar refractivity (Wildman–Crippen MR) is 90.3 cm³/mol. The van der Waals surface area contributed by atoms with Crippen molar-refractivity contribution in [3.63, 3.8) is 0 Å². The Bertz CT molecular complexity index is 880. The van der Waals surface area contributed by atoms with Gasteiger partial charge in [-0.3, -0.25) is 4.79 Å². The molecule has 0 heterocycles. The van der Waals surface area contributed by atoms with Crippen LogP contribution in [0.3, 0.4) is 0 Å². The fraction of sp³-hybridized carbons (Fsp3) is 0.0500. The van der Waals surface area contributed by atoms with Crippen molar-refractivity contribution in [3.05, 3.63) is 83.7 Å². The molecule has 0 aliphatic heterocycles. The average Bonchev–Trinajstić information content (AvgIpc) is 2.60. The van der Waals surface area contributed by atoms with Crippen molar-refractivity contribution in [3.8, 4) is 5.75 Å². The quantitative estimate of drug-likeness (QED) is 0.507. The van der Waals surface area contributed by atoms with Crippen molar-refractivity contribution in [2.24, 2.45) is 0 Å². The Morgan fingerprint density at radius 3 is 2.48 bits per heavy atom. The van der Waals surface area contributed by atoms with Gasteiger partial charge in [-0.1, -0.05) is 48.5 Å². The van der Waals surface area contributed by atoms with E-state index in [-0.39, 0.29) is 11.6 Å². The maximum absolute atomic E-state index is 12.9. The van der Waals surface area contributed by atoms with Gasteiger partial charge in [0.2, 0.25) is 0 Å². The van der Waals surface area contributed by atoms with Gasteiger partial charge in [0.15, 0.2) is 5.78 Å². The van der Waals surface area contributed by atoms with Crippen LogP contribution in [0.4, 0.5) is 4.39 Å². The van der Waals surface area contributed by atoms with Gasteiger partial charge in [-0.05, 0) is 40.6 Å². The molecule has 0 spiro atoms. The molecule has 3 aromatic carbocycles. The van der Waals surface area contributed by atoms with E-state index in [4.69, 9.17) is 4.74 Å². The number of hydrogen-bond acceptors (Lipinski definition) is 2. The average molecular weight is 306 g/mol. The van der Waals surface area contributed by atoms with Crippen molar-refractivity contribution in [2.45, 2.75) is 0 Å². The number of allylic oxidation sites excluding steroid dienone is 1. The zero-order valence-electron chi connectivity index (χ0n) is 12.6. The number of fused-ring (bicyclic) bond motifs is 1. The first-order chi connectivity index (χ1) is 11.2. The van der Waals surface area contributed by atoms with E-state index in [0.29, 0.717) is 11.3 Å². The Labute approximate surface area is 133 Å². The van der Waals surface area contributed by atoms with Gasteiger partial charge in [0.25, 0.3) is 0 Å². The summed E-state index contributed by atoms with van der Waals surface area (Å²) in [6, 6.07) is 17.4. The van der Waals surface area contributed by atoms with Crippen molar-refractivity contribution in [2.75, 3.05) is 7.11 Å². The summed E-state index contributed by atoms with van der Waals surface area (Å²) >= 11 is 0. The second kappa shape index (κ2) is 6.44. The minimum absolute atomic E-state index is 0.150. The van der Waals surface area contributed by atoms with E-state index in [1.807, 2.05) is 30.3 Å². The zero-order valence-corrected chi connectivity index (χ0v) is 12.6. The standard InChI is InChI=1S/C20H15FO2/c1-23-19-13-9-15-4-2-3-5-17(15)20(19)18(22)12-8-14-6-10-16(21)11-7-14/h2-13H,1H3. The van der Waals surface area contributed by atoms with Gasteiger partial charge in [-0.15, -0.1) is 0 Å². The zero-order chi connectivity index (χ0) is 16.2. The van der Waals surface area contributed by atoms with Gasteiger partial charge in [0.1, 0.15) is 11.6 Å². The molecule has 0 unspecified atom stereocenters. The molecule has 0 bridgehead atoms. The van der Waals surface area contributed by atoms with E-state index in [1.54, 1.807) is 31.4 Å². The molecule has 0 amide bonds. The molecular formula is C20H15FO2. The lowest BCUT2D eigenvalue weighted by molar-refractivity contribution is 0.104. The second-order valence-corrected chi connectivity index (χ2v) is 5.11. The van der Waals surface area contributed by atoms with Gasteiger partial charge in [-0.2, -0.15) is 0 Å². The lowest BCUT2D eigenvalue weighted by Gasteiger charge is -2.09. The molecule has 0 aromatic heterocycles. The van der Waals surface area contributed by atoms with Crippen LogP contribution >= 0.6 is 0 Å². The molecule has 0 N–H and O–H groups in total. The third-order valence-electron chi connectivity index (χ3n) is 3.65. The highest BCUT2D eigenvalue weighted by molar-refractivity contribution is 6.16. The topological polar surface area (TPSA) is 26.3 Å². The van der Waals surface area contributed by atoms with Crippen molar-refractivity contribution < 1.29 is 13.9 Å². The molecule has 0 fully saturated rings. The van der Waals surface area contributed by atoms with Gasteiger partial charge in [0.05, 0.1) is 12.7 Å². The smallest absolute Gasteiger partial charge is 0.190 e. The van der Waals surface area contributed by atoms with Crippen LogP contribution in [0.25, 0.3) is 16.8 Å². The van der Waals surface area contributed by atoms with Crippen LogP contribution < -0.4 is 4.74 Å². The number of rotatable bonds is 4. The third kappa shape index (κ3) is 3.14. The third-order valence-corrected chi connectivity index (χ3v) is 3.65. The Kier molecular flexibility index (Phi) is 4.20. The summed E-state index contributed by atoms with van der Waals surface area (Å²) < 4.78 is 18.3. The fourth-order valence-electron chi connectivity index (χ4n) is 2.50. The molecular weight excluding hydrogens is 291 g/mol. The molecule has 3 rings (SSSR count). The molecule has 23 heavy (non-hydrogen) atoms. The van der Waals surface area contributed by atoms with Crippen molar-refractivity contribution >= 4 is 22.6 Å². The summed E-state index contributed by atoms with van der Waals surface area (Å²) in [4.78, 5) is 12.6. The Morgan fingerprint density at radius 2 is 1.74 bits per heavy atom. The number of methoxy groups -OCH3 is 1. The van der Waals surface area contributed by atoms with Gasteiger partial charge < -0.3 is 4.74 Å². The van der Waals surface area contributed by atoms with E-state index < -0.39 is 0 Å². The van der Waals surface area contributed by atoms with Crippen molar-refractivity contribution in [1.82, 2.24) is 0 Å². The van der Waals surface area contributed by atoms with Crippen LogP contribution in [0.5, 0.6) is 5.75 Å². The monoisotopic (exact) mass is 306 g/mol. The number of benzene rings is 3. The minimum atomic E-state index is -0.302. The maximum Gasteiger partial charge on any atom is 0.190 e. The number of ketones is 1. The molecule has 0 saturated carbocycles. The van der Waals surface area contributed by atoms with Crippen LogP contribution in [0.2, 0.25) is 0 Å². The number of ether oxygens (including phenoxy) is 1. The molecule has 3 heteroatoms. The van der Waals surface area contributed by atoms with E-state index in [9.17, 15) is 9.18 Å². The number of halogens is 1. The largest absolute Gasteiger partial charge is 0.496 e. The van der Waals surface area contributed by atoms with E-state index in [2.05, 4.69) is 0 Å². The SMILES string of the molecule is COc1ccc2ccccc2c1C(=O)C=Cc1ccc(F)cc1. The predicted octanol–water partition coefficient (Wildman–Crippen LogP) is 4.88. The summed E-state index contributed by atoms with van der Waals surface area (Å²) in [6.07, 6.45) is 3.15. The molecule has 2 nitrogen and oxygen atoms in total. The number of carbonyl (C=O) groups excluding carboxylic acids is 1. The Balaban J connectivity index is 2.01. The number of hydrogen-bond donors (Lipinski definition) is 0. The fourth-order valence-corrected chi connectivity index (χ4v) is 2.50. The normalized spacial score (nSPS) is 11.0. The lowest BCUT2D eigenvalue weighted by atomic mass is 9.99. The molecule has 3 aromatic rings. The highest BCUT2D eigenvalue weighted by Gasteiger charge is 2.13. The highest BCUT2D eigenvalue weighted by Crippen LogP contribution is 2.28. The van der Waals surface area contributed by atoms with Crippen molar-refractivity contribution in [1.29, 1.82) is 0 Å². The Morgan fingerprint density at radius 1 is 1.00 bits per heavy atom. The summed E-state index contributed by atoms with van der Waals surface area (Å²) in [7, 11) is 1.55. The van der Waals surface area contributed by atoms with E-state index >= 15 is 0 Å². The van der Waals surface area contributed by atoms with Crippen LogP contribution in [-0.4, -0.2) is 12.9 Å². The Hall–Kier alpha value is -2.94. The molecule has 0 aliphatic carbocycles. The molecule has 0 aliphatic rings. The second-order valence-electron chi connectivity index (χ2n) is 5.11. The summed E-state index contributed by atoms with van der Waals surface area (Å²) in [5.41, 5.74) is 1.29.